The summed E-state index contributed by atoms with van der Waals surface area (Å²) in [5, 5.41) is 0. The highest BCUT2D eigenvalue weighted by Gasteiger charge is 2.15. The van der Waals surface area contributed by atoms with Crippen LogP contribution in [-0.2, 0) is 0 Å². The molecule has 92 valence electrons. The maximum absolute atomic E-state index is 4.18. The standard InChI is InChI=1S/C18H14S/c1-13-17(15-9-5-3-6-10-15)18(14(2)19-13)16-11-7-4-8-12-16/h3-12H,1-2H2. The molecule has 0 aliphatic rings. The van der Waals surface area contributed by atoms with Gasteiger partial charge < -0.3 is 0 Å². The number of hydrogen-bond donors (Lipinski definition) is 0. The lowest BCUT2D eigenvalue weighted by Gasteiger charge is -2.07. The van der Waals surface area contributed by atoms with Crippen LogP contribution in [0, 0.1) is 13.8 Å². The molecule has 2 aromatic carbocycles. The van der Waals surface area contributed by atoms with Crippen LogP contribution >= 0.6 is 11.3 Å². The van der Waals surface area contributed by atoms with Crippen LogP contribution in [-0.4, -0.2) is 0 Å². The van der Waals surface area contributed by atoms with Crippen molar-refractivity contribution in [2.24, 2.45) is 0 Å². The number of rotatable bonds is 2. The van der Waals surface area contributed by atoms with Gasteiger partial charge in [0.1, 0.15) is 0 Å². The van der Waals surface area contributed by atoms with Gasteiger partial charge in [0.25, 0.3) is 0 Å². The Morgan fingerprint density at radius 3 is 1.32 bits per heavy atom. The van der Waals surface area contributed by atoms with Gasteiger partial charge in [-0.2, -0.15) is 0 Å². The molecular weight excluding hydrogens is 248 g/mol. The van der Waals surface area contributed by atoms with Gasteiger partial charge in [0, 0.05) is 20.9 Å². The zero-order valence-corrected chi connectivity index (χ0v) is 11.4. The molecule has 0 aliphatic heterocycles. The molecule has 3 aromatic rings. The molecule has 0 spiro atoms. The van der Waals surface area contributed by atoms with Gasteiger partial charge in [-0.25, -0.2) is 0 Å². The Balaban J connectivity index is 2.26. The maximum atomic E-state index is 4.18. The van der Waals surface area contributed by atoms with Crippen LogP contribution in [0.2, 0.25) is 0 Å². The normalized spacial score (nSPS) is 10.6. The van der Waals surface area contributed by atoms with E-state index in [0.717, 1.165) is 9.75 Å². The van der Waals surface area contributed by atoms with Crippen molar-refractivity contribution >= 4 is 11.3 Å². The first kappa shape index (κ1) is 12.2. The summed E-state index contributed by atoms with van der Waals surface area (Å²) in [6.07, 6.45) is 0. The van der Waals surface area contributed by atoms with E-state index in [0.29, 0.717) is 0 Å². The molecule has 0 saturated carbocycles. The SMILES string of the molecule is [CH2]c1sc([CH2])c(-c2ccccc2)c1-c1ccccc1. The first-order chi connectivity index (χ1) is 9.27. The predicted molar refractivity (Wildman–Crippen MR) is 84.1 cm³/mol. The van der Waals surface area contributed by atoms with Gasteiger partial charge in [-0.3, -0.25) is 0 Å². The van der Waals surface area contributed by atoms with Crippen molar-refractivity contribution in [1.29, 1.82) is 0 Å². The summed E-state index contributed by atoms with van der Waals surface area (Å²) in [4.78, 5) is 2.16. The Morgan fingerprint density at radius 1 is 0.579 bits per heavy atom. The van der Waals surface area contributed by atoms with E-state index < -0.39 is 0 Å². The van der Waals surface area contributed by atoms with Gasteiger partial charge in [0.2, 0.25) is 0 Å². The van der Waals surface area contributed by atoms with E-state index in [9.17, 15) is 0 Å². The zero-order valence-electron chi connectivity index (χ0n) is 10.6. The lowest BCUT2D eigenvalue weighted by molar-refractivity contribution is 1.61. The van der Waals surface area contributed by atoms with Gasteiger partial charge >= 0.3 is 0 Å². The molecule has 3 rings (SSSR count). The van der Waals surface area contributed by atoms with Crippen LogP contribution in [0.1, 0.15) is 9.75 Å². The Bertz CT molecular complexity index is 618. The molecule has 0 unspecified atom stereocenters. The van der Waals surface area contributed by atoms with Crippen LogP contribution in [0.5, 0.6) is 0 Å². The van der Waals surface area contributed by atoms with E-state index in [-0.39, 0.29) is 0 Å². The fourth-order valence-electron chi connectivity index (χ4n) is 2.35. The van der Waals surface area contributed by atoms with Crippen LogP contribution in [0.25, 0.3) is 22.3 Å². The Hall–Kier alpha value is -1.86. The van der Waals surface area contributed by atoms with Crippen molar-refractivity contribution in [3.63, 3.8) is 0 Å². The van der Waals surface area contributed by atoms with Crippen molar-refractivity contribution in [3.8, 4) is 22.3 Å². The van der Waals surface area contributed by atoms with Gasteiger partial charge in [-0.1, -0.05) is 60.7 Å². The van der Waals surface area contributed by atoms with Gasteiger partial charge in [-0.05, 0) is 25.0 Å². The molecule has 0 saturated heterocycles. The smallest absolute Gasteiger partial charge is 0.0137 e. The van der Waals surface area contributed by atoms with E-state index in [1.807, 2.05) is 12.1 Å². The molecule has 0 aliphatic carbocycles. The second kappa shape index (κ2) is 5.02. The highest BCUT2D eigenvalue weighted by molar-refractivity contribution is 7.13. The molecule has 0 bridgehead atoms. The molecule has 1 heteroatoms. The molecule has 1 heterocycles. The molecule has 1 aromatic heterocycles. The van der Waals surface area contributed by atoms with Crippen LogP contribution in [0.4, 0.5) is 0 Å². The fourth-order valence-corrected chi connectivity index (χ4v) is 3.29. The van der Waals surface area contributed by atoms with Gasteiger partial charge in [0.05, 0.1) is 0 Å². The summed E-state index contributed by atoms with van der Waals surface area (Å²) in [7, 11) is 0. The third-order valence-electron chi connectivity index (χ3n) is 3.18. The van der Waals surface area contributed by atoms with Crippen LogP contribution in [0.15, 0.2) is 60.7 Å². The molecule has 0 amide bonds. The minimum atomic E-state index is 1.08. The highest BCUT2D eigenvalue weighted by atomic mass is 32.1. The summed E-state index contributed by atoms with van der Waals surface area (Å²) < 4.78 is 0. The van der Waals surface area contributed by atoms with Gasteiger partial charge in [0.15, 0.2) is 0 Å². The Morgan fingerprint density at radius 2 is 0.947 bits per heavy atom. The fraction of sp³-hybridized carbons (Fsp3) is 0. The lowest BCUT2D eigenvalue weighted by atomic mass is 9.95. The summed E-state index contributed by atoms with van der Waals surface area (Å²) in [6.45, 7) is 8.36. The minimum Gasteiger partial charge on any atom is -0.144 e. The molecule has 2 radical (unpaired) electrons. The maximum Gasteiger partial charge on any atom is 0.0137 e. The predicted octanol–water partition coefficient (Wildman–Crippen LogP) is 5.45. The van der Waals surface area contributed by atoms with Crippen molar-refractivity contribution in [3.05, 3.63) is 84.3 Å². The molecule has 19 heavy (non-hydrogen) atoms. The van der Waals surface area contributed by atoms with Crippen LogP contribution in [0.3, 0.4) is 0 Å². The third kappa shape index (κ3) is 2.22. The third-order valence-corrected chi connectivity index (χ3v) is 4.08. The van der Waals surface area contributed by atoms with E-state index in [1.54, 1.807) is 11.3 Å². The monoisotopic (exact) mass is 262 g/mol. The first-order valence-corrected chi connectivity index (χ1v) is 7.00. The van der Waals surface area contributed by atoms with E-state index >= 15 is 0 Å². The minimum absolute atomic E-state index is 1.08. The summed E-state index contributed by atoms with van der Waals surface area (Å²) in [5.74, 6) is 0. The Kier molecular flexibility index (Phi) is 3.22. The van der Waals surface area contributed by atoms with E-state index in [2.05, 4.69) is 62.4 Å². The molecule has 0 atom stereocenters. The van der Waals surface area contributed by atoms with Crippen LogP contribution < -0.4 is 0 Å². The number of benzene rings is 2. The molecular formula is C18H14S. The second-order valence-electron chi connectivity index (χ2n) is 4.43. The molecule has 0 N–H and O–H groups in total. The molecule has 0 nitrogen and oxygen atoms in total. The number of hydrogen-bond acceptors (Lipinski definition) is 1. The van der Waals surface area contributed by atoms with Crippen molar-refractivity contribution in [2.75, 3.05) is 0 Å². The zero-order chi connectivity index (χ0) is 13.2. The average molecular weight is 262 g/mol. The van der Waals surface area contributed by atoms with Gasteiger partial charge in [-0.15, -0.1) is 11.3 Å². The summed E-state index contributed by atoms with van der Waals surface area (Å²) in [5.41, 5.74) is 4.83. The Labute approximate surface area is 118 Å². The first-order valence-electron chi connectivity index (χ1n) is 6.19. The number of thiophene rings is 1. The van der Waals surface area contributed by atoms with E-state index in [4.69, 9.17) is 0 Å². The van der Waals surface area contributed by atoms with Crippen molar-refractivity contribution in [1.82, 2.24) is 0 Å². The molecule has 0 fully saturated rings. The largest absolute Gasteiger partial charge is 0.144 e. The summed E-state index contributed by atoms with van der Waals surface area (Å²) >= 11 is 1.66. The van der Waals surface area contributed by atoms with Crippen molar-refractivity contribution in [2.45, 2.75) is 0 Å². The average Bonchev–Trinajstić information content (AvgIpc) is 2.75. The quantitative estimate of drug-likeness (QED) is 0.576. The highest BCUT2D eigenvalue weighted by Crippen LogP contribution is 2.42. The van der Waals surface area contributed by atoms with Crippen molar-refractivity contribution < 1.29 is 0 Å². The van der Waals surface area contributed by atoms with E-state index in [1.165, 1.54) is 22.3 Å². The summed E-state index contributed by atoms with van der Waals surface area (Å²) in [6, 6.07) is 20.8. The topological polar surface area (TPSA) is 0 Å². The lowest BCUT2D eigenvalue weighted by Crippen LogP contribution is -1.83. The second-order valence-corrected chi connectivity index (χ2v) is 5.62.